The minimum absolute atomic E-state index is 0.497. The number of nitrogens with zero attached hydrogens (tertiary/aromatic N) is 1. The lowest BCUT2D eigenvalue weighted by molar-refractivity contribution is 0.145. The maximum Gasteiger partial charge on any atom is 0.0998 e. The number of aliphatic hydroxyl groups is 1. The molecule has 0 aliphatic rings. The highest BCUT2D eigenvalue weighted by atomic mass is 16.3. The smallest absolute Gasteiger partial charge is 0.0998 e. The van der Waals surface area contributed by atoms with Crippen LogP contribution in [0.3, 0.4) is 0 Å². The Hall–Kier alpha value is -1.71. The zero-order chi connectivity index (χ0) is 11.4. The lowest BCUT2D eigenvalue weighted by Crippen LogP contribution is -2.20. The van der Waals surface area contributed by atoms with Gasteiger partial charge in [0.15, 0.2) is 0 Å². The van der Waals surface area contributed by atoms with Gasteiger partial charge in [0, 0.05) is 6.20 Å². The zero-order valence-corrected chi connectivity index (χ0v) is 8.82. The molecule has 0 spiro atoms. The van der Waals surface area contributed by atoms with Crippen molar-refractivity contribution in [1.82, 2.24) is 4.98 Å². The maximum absolute atomic E-state index is 10.1. The van der Waals surface area contributed by atoms with Crippen molar-refractivity contribution < 1.29 is 5.11 Å². The minimum Gasteiger partial charge on any atom is -0.386 e. The summed E-state index contributed by atoms with van der Waals surface area (Å²) in [6.45, 7) is 0. The second-order valence-corrected chi connectivity index (χ2v) is 3.64. The third-order valence-electron chi connectivity index (χ3n) is 2.51. The molecule has 0 saturated heterocycles. The fourth-order valence-electron chi connectivity index (χ4n) is 1.59. The summed E-state index contributed by atoms with van der Waals surface area (Å²) in [5.74, 6) is 0. The number of benzene rings is 1. The molecule has 2 rings (SSSR count). The van der Waals surface area contributed by atoms with Crippen molar-refractivity contribution in [3.8, 4) is 0 Å². The van der Waals surface area contributed by atoms with Crippen LogP contribution in [0.1, 0.15) is 23.4 Å². The molecule has 1 heterocycles. The second-order valence-electron chi connectivity index (χ2n) is 3.64. The SMILES string of the molecule is N[C@H](c1ccccn1)[C@H](O)c1ccccc1. The van der Waals surface area contributed by atoms with Gasteiger partial charge in [-0.25, -0.2) is 0 Å². The first-order chi connectivity index (χ1) is 7.79. The van der Waals surface area contributed by atoms with Gasteiger partial charge in [-0.3, -0.25) is 4.98 Å². The highest BCUT2D eigenvalue weighted by Gasteiger charge is 2.18. The lowest BCUT2D eigenvalue weighted by Gasteiger charge is -2.18. The van der Waals surface area contributed by atoms with E-state index in [0.29, 0.717) is 5.69 Å². The lowest BCUT2D eigenvalue weighted by atomic mass is 10.0. The van der Waals surface area contributed by atoms with Crippen LogP contribution >= 0.6 is 0 Å². The molecule has 1 aromatic carbocycles. The van der Waals surface area contributed by atoms with Gasteiger partial charge in [-0.2, -0.15) is 0 Å². The van der Waals surface area contributed by atoms with E-state index in [1.54, 1.807) is 6.20 Å². The molecule has 3 heteroatoms. The molecule has 0 saturated carbocycles. The van der Waals surface area contributed by atoms with E-state index in [-0.39, 0.29) is 0 Å². The van der Waals surface area contributed by atoms with Crippen molar-refractivity contribution >= 4 is 0 Å². The first-order valence-corrected chi connectivity index (χ1v) is 5.18. The number of aromatic nitrogens is 1. The molecule has 82 valence electrons. The Morgan fingerprint density at radius 3 is 2.31 bits per heavy atom. The molecule has 0 aliphatic carbocycles. The van der Waals surface area contributed by atoms with Gasteiger partial charge in [0.05, 0.1) is 17.8 Å². The summed E-state index contributed by atoms with van der Waals surface area (Å²) < 4.78 is 0. The first-order valence-electron chi connectivity index (χ1n) is 5.18. The molecule has 0 radical (unpaired) electrons. The number of hydrogen-bond donors (Lipinski definition) is 2. The van der Waals surface area contributed by atoms with Crippen molar-refractivity contribution in [3.63, 3.8) is 0 Å². The van der Waals surface area contributed by atoms with E-state index >= 15 is 0 Å². The predicted octanol–water partition coefficient (Wildman–Crippen LogP) is 1.81. The van der Waals surface area contributed by atoms with Crippen molar-refractivity contribution in [2.45, 2.75) is 12.1 Å². The van der Waals surface area contributed by atoms with Gasteiger partial charge in [-0.15, -0.1) is 0 Å². The van der Waals surface area contributed by atoms with Crippen molar-refractivity contribution in [1.29, 1.82) is 0 Å². The molecule has 0 aliphatic heterocycles. The Morgan fingerprint density at radius 2 is 1.69 bits per heavy atom. The molecule has 16 heavy (non-hydrogen) atoms. The van der Waals surface area contributed by atoms with Gasteiger partial charge >= 0.3 is 0 Å². The minimum atomic E-state index is -0.726. The van der Waals surface area contributed by atoms with E-state index in [1.165, 1.54) is 0 Å². The average molecular weight is 214 g/mol. The molecule has 3 N–H and O–H groups in total. The molecule has 0 bridgehead atoms. The van der Waals surface area contributed by atoms with Gasteiger partial charge in [0.25, 0.3) is 0 Å². The Morgan fingerprint density at radius 1 is 1.00 bits per heavy atom. The number of rotatable bonds is 3. The molecule has 2 aromatic rings. The summed E-state index contributed by atoms with van der Waals surface area (Å²) in [5.41, 5.74) is 7.46. The van der Waals surface area contributed by atoms with Crippen LogP contribution in [0.2, 0.25) is 0 Å². The highest BCUT2D eigenvalue weighted by Crippen LogP contribution is 2.24. The fourth-order valence-corrected chi connectivity index (χ4v) is 1.59. The van der Waals surface area contributed by atoms with Crippen LogP contribution in [0, 0.1) is 0 Å². The predicted molar refractivity (Wildman–Crippen MR) is 62.6 cm³/mol. The third kappa shape index (κ3) is 2.27. The van der Waals surface area contributed by atoms with E-state index in [0.717, 1.165) is 5.56 Å². The Bertz CT molecular complexity index is 387. The van der Waals surface area contributed by atoms with Crippen LogP contribution in [-0.4, -0.2) is 10.1 Å². The van der Waals surface area contributed by atoms with Gasteiger partial charge in [-0.05, 0) is 17.7 Å². The van der Waals surface area contributed by atoms with Crippen LogP contribution < -0.4 is 5.73 Å². The van der Waals surface area contributed by atoms with Gasteiger partial charge in [0.1, 0.15) is 0 Å². The molecule has 0 fully saturated rings. The molecular weight excluding hydrogens is 200 g/mol. The Kier molecular flexibility index (Phi) is 3.29. The van der Waals surface area contributed by atoms with Crippen LogP contribution in [0.5, 0.6) is 0 Å². The van der Waals surface area contributed by atoms with Gasteiger partial charge in [-0.1, -0.05) is 36.4 Å². The summed E-state index contributed by atoms with van der Waals surface area (Å²) in [7, 11) is 0. The van der Waals surface area contributed by atoms with E-state index in [4.69, 9.17) is 5.73 Å². The molecule has 2 atom stereocenters. The van der Waals surface area contributed by atoms with Gasteiger partial charge in [0.2, 0.25) is 0 Å². The van der Waals surface area contributed by atoms with E-state index < -0.39 is 12.1 Å². The topological polar surface area (TPSA) is 59.1 Å². The first kappa shape index (κ1) is 10.8. The Labute approximate surface area is 94.6 Å². The largest absolute Gasteiger partial charge is 0.386 e. The van der Waals surface area contributed by atoms with E-state index in [9.17, 15) is 5.11 Å². The van der Waals surface area contributed by atoms with Crippen molar-refractivity contribution in [3.05, 3.63) is 66.0 Å². The Balaban J connectivity index is 2.20. The molecular formula is C13H14N2O. The quantitative estimate of drug-likeness (QED) is 0.819. The fraction of sp³-hybridized carbons (Fsp3) is 0.154. The summed E-state index contributed by atoms with van der Waals surface area (Å²) in [5, 5.41) is 10.1. The molecule has 3 nitrogen and oxygen atoms in total. The van der Waals surface area contributed by atoms with Crippen LogP contribution in [0.25, 0.3) is 0 Å². The third-order valence-corrected chi connectivity index (χ3v) is 2.51. The summed E-state index contributed by atoms with van der Waals surface area (Å²) in [6, 6.07) is 14.4. The maximum atomic E-state index is 10.1. The second kappa shape index (κ2) is 4.88. The van der Waals surface area contributed by atoms with Crippen molar-refractivity contribution in [2.24, 2.45) is 5.73 Å². The normalized spacial score (nSPS) is 14.4. The number of pyridine rings is 1. The van der Waals surface area contributed by atoms with Crippen LogP contribution in [-0.2, 0) is 0 Å². The summed E-state index contributed by atoms with van der Waals surface area (Å²) in [6.07, 6.45) is 0.948. The van der Waals surface area contributed by atoms with E-state index in [2.05, 4.69) is 4.98 Å². The number of aliphatic hydroxyl groups excluding tert-OH is 1. The number of nitrogens with two attached hydrogens (primary N) is 1. The average Bonchev–Trinajstić information content (AvgIpc) is 2.39. The van der Waals surface area contributed by atoms with Gasteiger partial charge < -0.3 is 10.8 Å². The standard InChI is InChI=1S/C13H14N2O/c14-12(11-8-4-5-9-15-11)13(16)10-6-2-1-3-7-10/h1-9,12-13,16H,14H2/t12-,13-/m1/s1. The molecule has 0 amide bonds. The zero-order valence-electron chi connectivity index (χ0n) is 8.82. The van der Waals surface area contributed by atoms with Crippen LogP contribution in [0.4, 0.5) is 0 Å². The van der Waals surface area contributed by atoms with E-state index in [1.807, 2.05) is 48.5 Å². The molecule has 0 unspecified atom stereocenters. The van der Waals surface area contributed by atoms with Crippen LogP contribution in [0.15, 0.2) is 54.7 Å². The monoisotopic (exact) mass is 214 g/mol. The summed E-state index contributed by atoms with van der Waals surface area (Å²) >= 11 is 0. The number of hydrogen-bond acceptors (Lipinski definition) is 3. The van der Waals surface area contributed by atoms with Crippen molar-refractivity contribution in [2.75, 3.05) is 0 Å². The highest BCUT2D eigenvalue weighted by molar-refractivity contribution is 5.21. The summed E-state index contributed by atoms with van der Waals surface area (Å²) in [4.78, 5) is 4.14. The molecule has 1 aromatic heterocycles.